The van der Waals surface area contributed by atoms with Gasteiger partial charge < -0.3 is 15.2 Å². The molecule has 2 rings (SSSR count). The van der Waals surface area contributed by atoms with Crippen LogP contribution < -0.4 is 10.6 Å². The lowest BCUT2D eigenvalue weighted by molar-refractivity contribution is 0.0942. The molecule has 0 aliphatic carbocycles. The molecule has 2 heterocycles. The predicted octanol–water partition coefficient (Wildman–Crippen LogP) is 1.35. The van der Waals surface area contributed by atoms with Crippen LogP contribution in [0.3, 0.4) is 0 Å². The third-order valence-corrected chi connectivity index (χ3v) is 2.38. The Labute approximate surface area is 104 Å². The molecule has 0 radical (unpaired) electrons. The summed E-state index contributed by atoms with van der Waals surface area (Å²) < 4.78 is 4.99. The molecule has 0 unspecified atom stereocenters. The predicted molar refractivity (Wildman–Crippen MR) is 66.2 cm³/mol. The fourth-order valence-electron chi connectivity index (χ4n) is 1.43. The van der Waals surface area contributed by atoms with Crippen LogP contribution >= 0.6 is 0 Å². The summed E-state index contributed by atoms with van der Waals surface area (Å²) in [5.74, 6) is 0.374. The summed E-state index contributed by atoms with van der Waals surface area (Å²) in [6.07, 6.45) is 1.60. The van der Waals surface area contributed by atoms with E-state index in [1.165, 1.54) is 0 Å². The SMILES string of the molecule is CNc1ccc(C(=O)NCc2cc(C)no2)nc1. The summed E-state index contributed by atoms with van der Waals surface area (Å²) in [7, 11) is 1.79. The van der Waals surface area contributed by atoms with Gasteiger partial charge in [-0.05, 0) is 19.1 Å². The second kappa shape index (κ2) is 5.31. The van der Waals surface area contributed by atoms with Crippen molar-refractivity contribution in [3.8, 4) is 0 Å². The lowest BCUT2D eigenvalue weighted by Crippen LogP contribution is -2.23. The molecule has 0 aliphatic rings. The topological polar surface area (TPSA) is 80.0 Å². The monoisotopic (exact) mass is 246 g/mol. The first kappa shape index (κ1) is 12.1. The Morgan fingerprint density at radius 2 is 2.28 bits per heavy atom. The van der Waals surface area contributed by atoms with Crippen LogP contribution in [0.2, 0.25) is 0 Å². The number of amides is 1. The number of anilines is 1. The summed E-state index contributed by atoms with van der Waals surface area (Å²) >= 11 is 0. The van der Waals surface area contributed by atoms with Gasteiger partial charge in [0, 0.05) is 13.1 Å². The number of carbonyl (C=O) groups excluding carboxylic acids is 1. The van der Waals surface area contributed by atoms with E-state index in [4.69, 9.17) is 4.52 Å². The summed E-state index contributed by atoms with van der Waals surface area (Å²) in [5.41, 5.74) is 2.01. The van der Waals surface area contributed by atoms with Gasteiger partial charge in [0.15, 0.2) is 5.76 Å². The molecule has 0 saturated carbocycles. The van der Waals surface area contributed by atoms with Gasteiger partial charge in [-0.15, -0.1) is 0 Å². The van der Waals surface area contributed by atoms with Gasteiger partial charge in [0.25, 0.3) is 5.91 Å². The number of hydrogen-bond donors (Lipinski definition) is 2. The zero-order chi connectivity index (χ0) is 13.0. The van der Waals surface area contributed by atoms with E-state index in [2.05, 4.69) is 20.8 Å². The molecule has 0 saturated heterocycles. The number of aryl methyl sites for hydroxylation is 1. The fraction of sp³-hybridized carbons (Fsp3) is 0.250. The molecule has 18 heavy (non-hydrogen) atoms. The van der Waals surface area contributed by atoms with Crippen LogP contribution in [-0.2, 0) is 6.54 Å². The van der Waals surface area contributed by atoms with E-state index in [1.54, 1.807) is 31.4 Å². The second-order valence-corrected chi connectivity index (χ2v) is 3.80. The van der Waals surface area contributed by atoms with E-state index in [0.717, 1.165) is 11.4 Å². The minimum Gasteiger partial charge on any atom is -0.387 e. The van der Waals surface area contributed by atoms with Gasteiger partial charge in [-0.25, -0.2) is 4.98 Å². The molecule has 0 fully saturated rings. The van der Waals surface area contributed by atoms with Crippen molar-refractivity contribution in [1.29, 1.82) is 0 Å². The number of aromatic nitrogens is 2. The summed E-state index contributed by atoms with van der Waals surface area (Å²) in [5, 5.41) is 9.39. The highest BCUT2D eigenvalue weighted by Crippen LogP contribution is 2.05. The average Bonchev–Trinajstić information content (AvgIpc) is 2.82. The van der Waals surface area contributed by atoms with Gasteiger partial charge in [-0.3, -0.25) is 4.79 Å². The highest BCUT2D eigenvalue weighted by atomic mass is 16.5. The smallest absolute Gasteiger partial charge is 0.270 e. The largest absolute Gasteiger partial charge is 0.387 e. The number of carbonyl (C=O) groups is 1. The van der Waals surface area contributed by atoms with Crippen LogP contribution in [0.4, 0.5) is 5.69 Å². The van der Waals surface area contributed by atoms with Crippen LogP contribution in [0.5, 0.6) is 0 Å². The first-order valence-electron chi connectivity index (χ1n) is 5.53. The maximum Gasteiger partial charge on any atom is 0.270 e. The molecule has 6 nitrogen and oxygen atoms in total. The van der Waals surface area contributed by atoms with Gasteiger partial charge in [-0.1, -0.05) is 5.16 Å². The standard InChI is InChI=1S/C12H14N4O2/c1-8-5-10(18-16-8)7-15-12(17)11-4-3-9(13-2)6-14-11/h3-6,13H,7H2,1-2H3,(H,15,17). The van der Waals surface area contributed by atoms with Crippen molar-refractivity contribution < 1.29 is 9.32 Å². The van der Waals surface area contributed by atoms with Crippen LogP contribution in [0.25, 0.3) is 0 Å². The first-order valence-corrected chi connectivity index (χ1v) is 5.53. The van der Waals surface area contributed by atoms with Crippen molar-refractivity contribution in [1.82, 2.24) is 15.5 Å². The van der Waals surface area contributed by atoms with E-state index < -0.39 is 0 Å². The van der Waals surface area contributed by atoms with Crippen molar-refractivity contribution in [2.75, 3.05) is 12.4 Å². The Hall–Kier alpha value is -2.37. The Morgan fingerprint density at radius 1 is 1.44 bits per heavy atom. The van der Waals surface area contributed by atoms with Gasteiger partial charge >= 0.3 is 0 Å². The molecule has 1 amide bonds. The summed E-state index contributed by atoms with van der Waals surface area (Å²) in [6, 6.07) is 5.23. The Kier molecular flexibility index (Phi) is 3.57. The minimum atomic E-state index is -0.244. The highest BCUT2D eigenvalue weighted by Gasteiger charge is 2.08. The number of nitrogens with one attached hydrogen (secondary N) is 2. The van der Waals surface area contributed by atoms with Gasteiger partial charge in [0.05, 0.1) is 24.1 Å². The molecule has 0 spiro atoms. The van der Waals surface area contributed by atoms with Crippen LogP contribution in [-0.4, -0.2) is 23.1 Å². The average molecular weight is 246 g/mol. The van der Waals surface area contributed by atoms with E-state index in [1.807, 2.05) is 6.92 Å². The van der Waals surface area contributed by atoms with Crippen molar-refractivity contribution >= 4 is 11.6 Å². The molecular weight excluding hydrogens is 232 g/mol. The van der Waals surface area contributed by atoms with E-state index in [0.29, 0.717) is 18.0 Å². The van der Waals surface area contributed by atoms with Gasteiger partial charge in [0.2, 0.25) is 0 Å². The Balaban J connectivity index is 1.94. The molecule has 0 atom stereocenters. The lowest BCUT2D eigenvalue weighted by atomic mass is 10.3. The van der Waals surface area contributed by atoms with Gasteiger partial charge in [0.1, 0.15) is 5.69 Å². The molecule has 94 valence electrons. The third-order valence-electron chi connectivity index (χ3n) is 2.38. The summed E-state index contributed by atoms with van der Waals surface area (Å²) in [4.78, 5) is 15.8. The van der Waals surface area contributed by atoms with Crippen molar-refractivity contribution in [2.45, 2.75) is 13.5 Å². The summed E-state index contributed by atoms with van der Waals surface area (Å²) in [6.45, 7) is 2.13. The third kappa shape index (κ3) is 2.85. The maximum absolute atomic E-state index is 11.8. The zero-order valence-corrected chi connectivity index (χ0v) is 10.2. The molecule has 2 aromatic heterocycles. The van der Waals surface area contributed by atoms with Crippen LogP contribution in [0, 0.1) is 6.92 Å². The number of hydrogen-bond acceptors (Lipinski definition) is 5. The van der Waals surface area contributed by atoms with E-state index in [-0.39, 0.29) is 5.91 Å². The minimum absolute atomic E-state index is 0.244. The Morgan fingerprint density at radius 3 is 2.83 bits per heavy atom. The number of pyridine rings is 1. The molecule has 0 bridgehead atoms. The fourth-order valence-corrected chi connectivity index (χ4v) is 1.43. The van der Waals surface area contributed by atoms with Crippen molar-refractivity contribution in [2.24, 2.45) is 0 Å². The molecule has 6 heteroatoms. The molecule has 0 aromatic carbocycles. The zero-order valence-electron chi connectivity index (χ0n) is 10.2. The highest BCUT2D eigenvalue weighted by molar-refractivity contribution is 5.92. The number of rotatable bonds is 4. The van der Waals surface area contributed by atoms with E-state index >= 15 is 0 Å². The molecule has 0 aliphatic heterocycles. The molecule has 2 N–H and O–H groups in total. The van der Waals surface area contributed by atoms with Crippen molar-refractivity contribution in [3.05, 3.63) is 41.5 Å². The van der Waals surface area contributed by atoms with Crippen LogP contribution in [0.1, 0.15) is 21.9 Å². The van der Waals surface area contributed by atoms with Gasteiger partial charge in [-0.2, -0.15) is 0 Å². The number of nitrogens with zero attached hydrogens (tertiary/aromatic N) is 2. The Bertz CT molecular complexity index is 533. The molecule has 2 aromatic rings. The lowest BCUT2D eigenvalue weighted by Gasteiger charge is -2.03. The second-order valence-electron chi connectivity index (χ2n) is 3.80. The van der Waals surface area contributed by atoms with Crippen molar-refractivity contribution in [3.63, 3.8) is 0 Å². The normalized spacial score (nSPS) is 10.1. The quantitative estimate of drug-likeness (QED) is 0.851. The van der Waals surface area contributed by atoms with E-state index in [9.17, 15) is 4.79 Å². The van der Waals surface area contributed by atoms with Crippen LogP contribution in [0.15, 0.2) is 28.9 Å². The first-order chi connectivity index (χ1) is 8.69. The maximum atomic E-state index is 11.8. The molecular formula is C12H14N4O2.